The maximum Gasteiger partial charge on any atom is 0.133 e. The second-order valence-corrected chi connectivity index (χ2v) is 3.92. The van der Waals surface area contributed by atoms with Crippen molar-refractivity contribution in [2.24, 2.45) is 0 Å². The monoisotopic (exact) mass is 243 g/mol. The first-order chi connectivity index (χ1) is 8.86. The van der Waals surface area contributed by atoms with Crippen LogP contribution < -0.4 is 5.32 Å². The van der Waals surface area contributed by atoms with Crippen LogP contribution in [0.25, 0.3) is 11.4 Å². The van der Waals surface area contributed by atoms with E-state index >= 15 is 0 Å². The van der Waals surface area contributed by atoms with Crippen molar-refractivity contribution in [3.63, 3.8) is 0 Å². The molecule has 2 rings (SSSR count). The van der Waals surface area contributed by atoms with Gasteiger partial charge in [-0.05, 0) is 13.3 Å². The number of nitrogens with one attached hydrogen (secondary N) is 1. The van der Waals surface area contributed by atoms with Gasteiger partial charge in [0.2, 0.25) is 0 Å². The summed E-state index contributed by atoms with van der Waals surface area (Å²) < 4.78 is 0. The predicted molar refractivity (Wildman–Crippen MR) is 71.2 cm³/mol. The fraction of sp³-hybridized carbons (Fsp3) is 0.385. The summed E-state index contributed by atoms with van der Waals surface area (Å²) in [6.45, 7) is 5.04. The van der Waals surface area contributed by atoms with E-state index in [2.05, 4.69) is 39.1 Å². The molecule has 0 unspecified atom stereocenters. The zero-order chi connectivity index (χ0) is 12.8. The molecule has 18 heavy (non-hydrogen) atoms. The van der Waals surface area contributed by atoms with E-state index in [-0.39, 0.29) is 0 Å². The van der Waals surface area contributed by atoms with Crippen molar-refractivity contribution < 1.29 is 0 Å². The summed E-state index contributed by atoms with van der Waals surface area (Å²) in [4.78, 5) is 17.1. The summed E-state index contributed by atoms with van der Waals surface area (Å²) in [5.74, 6) is 0.898. The minimum absolute atomic E-state index is 0.794. The lowest BCUT2D eigenvalue weighted by molar-refractivity contribution is 0.899. The lowest BCUT2D eigenvalue weighted by Gasteiger charge is -2.12. The summed E-state index contributed by atoms with van der Waals surface area (Å²) in [7, 11) is 0. The van der Waals surface area contributed by atoms with Gasteiger partial charge in [-0.2, -0.15) is 0 Å². The molecule has 0 fully saturated rings. The Morgan fingerprint density at radius 3 is 2.67 bits per heavy atom. The Balaban J connectivity index is 2.49. The third-order valence-electron chi connectivity index (χ3n) is 2.60. The first-order valence-electron chi connectivity index (χ1n) is 6.21. The Morgan fingerprint density at radius 2 is 2.00 bits per heavy atom. The van der Waals surface area contributed by atoms with E-state index < -0.39 is 0 Å². The number of anilines is 1. The molecule has 0 amide bonds. The van der Waals surface area contributed by atoms with Crippen molar-refractivity contribution in [3.05, 3.63) is 30.5 Å². The highest BCUT2D eigenvalue weighted by atomic mass is 15.0. The zero-order valence-electron chi connectivity index (χ0n) is 10.7. The molecule has 5 heteroatoms. The van der Waals surface area contributed by atoms with Gasteiger partial charge in [-0.1, -0.05) is 13.3 Å². The zero-order valence-corrected chi connectivity index (χ0v) is 10.7. The third-order valence-corrected chi connectivity index (χ3v) is 2.60. The topological polar surface area (TPSA) is 63.6 Å². The Kier molecular flexibility index (Phi) is 4.17. The van der Waals surface area contributed by atoms with Crippen LogP contribution in [0, 0.1) is 0 Å². The lowest BCUT2D eigenvalue weighted by atomic mass is 10.1. The van der Waals surface area contributed by atoms with Gasteiger partial charge >= 0.3 is 0 Å². The van der Waals surface area contributed by atoms with Crippen LogP contribution in [0.1, 0.15) is 25.8 Å². The summed E-state index contributed by atoms with van der Waals surface area (Å²) in [6, 6.07) is 0. The van der Waals surface area contributed by atoms with Gasteiger partial charge < -0.3 is 5.32 Å². The van der Waals surface area contributed by atoms with Crippen molar-refractivity contribution in [2.75, 3.05) is 11.9 Å². The lowest BCUT2D eigenvalue weighted by Crippen LogP contribution is -2.06. The molecule has 0 atom stereocenters. The van der Waals surface area contributed by atoms with Gasteiger partial charge in [0.05, 0.1) is 11.9 Å². The Morgan fingerprint density at radius 1 is 1.11 bits per heavy atom. The first-order valence-corrected chi connectivity index (χ1v) is 6.21. The average molecular weight is 243 g/mol. The van der Waals surface area contributed by atoms with Gasteiger partial charge in [0.1, 0.15) is 17.8 Å². The van der Waals surface area contributed by atoms with Gasteiger partial charge in [0.15, 0.2) is 0 Å². The highest BCUT2D eigenvalue weighted by molar-refractivity contribution is 5.64. The van der Waals surface area contributed by atoms with Gasteiger partial charge in [0.25, 0.3) is 0 Å². The molecule has 0 aliphatic heterocycles. The molecule has 1 N–H and O–H groups in total. The van der Waals surface area contributed by atoms with Crippen molar-refractivity contribution in [1.82, 2.24) is 19.9 Å². The van der Waals surface area contributed by atoms with E-state index in [1.807, 2.05) is 0 Å². The van der Waals surface area contributed by atoms with Gasteiger partial charge in [-0.15, -0.1) is 0 Å². The average Bonchev–Trinajstić information content (AvgIpc) is 2.42. The summed E-state index contributed by atoms with van der Waals surface area (Å²) in [5, 5.41) is 3.27. The highest BCUT2D eigenvalue weighted by Crippen LogP contribution is 2.24. The number of hydrogen-bond acceptors (Lipinski definition) is 5. The van der Waals surface area contributed by atoms with Crippen LogP contribution in [0.4, 0.5) is 5.82 Å². The summed E-state index contributed by atoms with van der Waals surface area (Å²) in [6.07, 6.45) is 8.61. The second-order valence-electron chi connectivity index (χ2n) is 3.92. The largest absolute Gasteiger partial charge is 0.370 e. The third kappa shape index (κ3) is 2.61. The van der Waals surface area contributed by atoms with Crippen molar-refractivity contribution in [2.45, 2.75) is 26.7 Å². The normalized spacial score (nSPS) is 10.3. The fourth-order valence-corrected chi connectivity index (χ4v) is 1.86. The van der Waals surface area contributed by atoms with Crippen LogP contribution in [0.5, 0.6) is 0 Å². The van der Waals surface area contributed by atoms with Gasteiger partial charge in [-0.25, -0.2) is 9.97 Å². The second kappa shape index (κ2) is 6.05. The van der Waals surface area contributed by atoms with Crippen molar-refractivity contribution >= 4 is 5.82 Å². The molecule has 0 aliphatic carbocycles. The molecule has 2 aromatic heterocycles. The van der Waals surface area contributed by atoms with E-state index in [1.165, 1.54) is 0 Å². The van der Waals surface area contributed by atoms with E-state index in [9.17, 15) is 0 Å². The number of rotatable bonds is 5. The molecule has 0 bridgehead atoms. The van der Waals surface area contributed by atoms with Gasteiger partial charge in [0, 0.05) is 24.5 Å². The van der Waals surface area contributed by atoms with Crippen LogP contribution in [0.3, 0.4) is 0 Å². The molecule has 94 valence electrons. The Labute approximate surface area is 107 Å². The van der Waals surface area contributed by atoms with Crippen LogP contribution in [-0.2, 0) is 6.42 Å². The molecule has 0 spiro atoms. The van der Waals surface area contributed by atoms with Crippen LogP contribution in [0.2, 0.25) is 0 Å². The SMILES string of the molecule is CCCc1c(NCC)ncnc1-c1cnccn1. The molecule has 0 radical (unpaired) electrons. The number of hydrogen-bond donors (Lipinski definition) is 1. The fourth-order valence-electron chi connectivity index (χ4n) is 1.86. The van der Waals surface area contributed by atoms with Crippen LogP contribution in [-0.4, -0.2) is 26.5 Å². The molecular weight excluding hydrogens is 226 g/mol. The van der Waals surface area contributed by atoms with E-state index in [4.69, 9.17) is 0 Å². The molecule has 2 aromatic rings. The quantitative estimate of drug-likeness (QED) is 0.873. The molecule has 0 aromatic carbocycles. The number of aromatic nitrogens is 4. The Hall–Kier alpha value is -2.04. The van der Waals surface area contributed by atoms with E-state index in [0.717, 1.165) is 42.2 Å². The summed E-state index contributed by atoms with van der Waals surface area (Å²) in [5.41, 5.74) is 2.78. The highest BCUT2D eigenvalue weighted by Gasteiger charge is 2.12. The standard InChI is InChI=1S/C13H17N5/c1-3-5-10-12(11-8-14-6-7-16-11)17-9-18-13(10)15-4-2/h6-9H,3-5H2,1-2H3,(H,15,17,18). The predicted octanol–water partition coefficient (Wildman–Crippen LogP) is 2.32. The van der Waals surface area contributed by atoms with E-state index in [1.54, 1.807) is 24.9 Å². The van der Waals surface area contributed by atoms with Crippen molar-refractivity contribution in [1.29, 1.82) is 0 Å². The molecule has 5 nitrogen and oxygen atoms in total. The maximum absolute atomic E-state index is 4.36. The molecule has 0 aliphatic rings. The van der Waals surface area contributed by atoms with Gasteiger partial charge in [-0.3, -0.25) is 9.97 Å². The van der Waals surface area contributed by atoms with Crippen molar-refractivity contribution in [3.8, 4) is 11.4 Å². The smallest absolute Gasteiger partial charge is 0.133 e. The molecular formula is C13H17N5. The minimum atomic E-state index is 0.794. The minimum Gasteiger partial charge on any atom is -0.370 e. The van der Waals surface area contributed by atoms with Crippen LogP contribution in [0.15, 0.2) is 24.9 Å². The molecule has 0 saturated carbocycles. The first kappa shape index (κ1) is 12.4. The molecule has 2 heterocycles. The van der Waals surface area contributed by atoms with E-state index in [0.29, 0.717) is 0 Å². The molecule has 0 saturated heterocycles. The number of nitrogens with zero attached hydrogens (tertiary/aromatic N) is 4. The maximum atomic E-state index is 4.36. The summed E-state index contributed by atoms with van der Waals surface area (Å²) >= 11 is 0. The Bertz CT molecular complexity index is 498. The van der Waals surface area contributed by atoms with Crippen LogP contribution >= 0.6 is 0 Å².